The molecule has 2 rings (SSSR count). The molecule has 2 N–H and O–H groups in total. The van der Waals surface area contributed by atoms with E-state index in [1.165, 1.54) is 6.42 Å². The number of carbonyl (C=O) groups is 1. The second-order valence-electron chi connectivity index (χ2n) is 6.87. The quantitative estimate of drug-likeness (QED) is 0.875. The summed E-state index contributed by atoms with van der Waals surface area (Å²) in [7, 11) is 0. The zero-order valence-corrected chi connectivity index (χ0v) is 12.7. The van der Waals surface area contributed by atoms with E-state index < -0.39 is 5.97 Å². The Hall–Kier alpha value is -1.58. The number of aromatic carboxylic acids is 1. The summed E-state index contributed by atoms with van der Waals surface area (Å²) in [5.74, 6) is 0.00951. The van der Waals surface area contributed by atoms with Crippen molar-refractivity contribution in [3.63, 3.8) is 0 Å². The monoisotopic (exact) mass is 276 g/mol. The molecule has 1 aromatic heterocycles. The average Bonchev–Trinajstić information content (AvgIpc) is 2.68. The number of rotatable bonds is 4. The Morgan fingerprint density at radius 3 is 2.65 bits per heavy atom. The van der Waals surface area contributed by atoms with E-state index in [0.29, 0.717) is 22.8 Å². The van der Waals surface area contributed by atoms with Crippen molar-refractivity contribution in [2.75, 3.05) is 5.32 Å². The lowest BCUT2D eigenvalue weighted by atomic mass is 9.92. The van der Waals surface area contributed by atoms with Gasteiger partial charge in [0, 0.05) is 11.7 Å². The lowest BCUT2D eigenvalue weighted by molar-refractivity contribution is 0.0696. The number of nitrogens with one attached hydrogen (secondary N) is 1. The Kier molecular flexibility index (Phi) is 4.02. The Morgan fingerprint density at radius 2 is 2.15 bits per heavy atom. The molecule has 1 heterocycles. The van der Waals surface area contributed by atoms with Crippen molar-refractivity contribution in [2.24, 2.45) is 5.41 Å². The number of hydrogen-bond acceptors (Lipinski definition) is 3. The third-order valence-electron chi connectivity index (χ3n) is 4.00. The molecular weight excluding hydrogens is 252 g/mol. The molecule has 0 bridgehead atoms. The fourth-order valence-corrected chi connectivity index (χ4v) is 2.81. The molecule has 0 radical (unpaired) electrons. The minimum atomic E-state index is -0.899. The van der Waals surface area contributed by atoms with Crippen LogP contribution in [0.4, 0.5) is 5.82 Å². The van der Waals surface area contributed by atoms with Crippen LogP contribution in [0.3, 0.4) is 0 Å². The normalized spacial score (nSPS) is 21.1. The number of hydrogen-bond donors (Lipinski definition) is 2. The zero-order chi connectivity index (χ0) is 14.9. The van der Waals surface area contributed by atoms with Crippen molar-refractivity contribution < 1.29 is 9.90 Å². The Morgan fingerprint density at radius 1 is 1.45 bits per heavy atom. The van der Waals surface area contributed by atoms with Crippen LogP contribution in [0.2, 0.25) is 0 Å². The average molecular weight is 276 g/mol. The lowest BCUT2D eigenvalue weighted by Crippen LogP contribution is -2.19. The van der Waals surface area contributed by atoms with E-state index in [9.17, 15) is 9.90 Å². The molecule has 1 aliphatic carbocycles. The van der Waals surface area contributed by atoms with E-state index in [1.54, 1.807) is 12.1 Å². The van der Waals surface area contributed by atoms with Gasteiger partial charge in [-0.1, -0.05) is 27.7 Å². The maximum absolute atomic E-state index is 11.2. The van der Waals surface area contributed by atoms with Crippen molar-refractivity contribution in [1.82, 2.24) is 4.98 Å². The maximum Gasteiger partial charge on any atom is 0.335 e. The van der Waals surface area contributed by atoms with Crippen molar-refractivity contribution in [1.29, 1.82) is 0 Å². The van der Waals surface area contributed by atoms with Gasteiger partial charge in [-0.25, -0.2) is 9.78 Å². The Bertz CT molecular complexity index is 509. The molecule has 0 saturated heterocycles. The highest BCUT2D eigenvalue weighted by atomic mass is 16.4. The number of carboxylic acid groups (broad SMARTS) is 1. The van der Waals surface area contributed by atoms with Crippen LogP contribution in [0, 0.1) is 5.41 Å². The first kappa shape index (κ1) is 14.8. The number of pyridine rings is 1. The minimum Gasteiger partial charge on any atom is -0.478 e. The molecule has 1 atom stereocenters. The molecule has 0 spiro atoms. The zero-order valence-electron chi connectivity index (χ0n) is 12.7. The van der Waals surface area contributed by atoms with Gasteiger partial charge in [0.05, 0.1) is 5.56 Å². The third-order valence-corrected chi connectivity index (χ3v) is 4.00. The highest BCUT2D eigenvalue weighted by molar-refractivity contribution is 5.88. The van der Waals surface area contributed by atoms with Gasteiger partial charge in [0.2, 0.25) is 0 Å². The summed E-state index contributed by atoms with van der Waals surface area (Å²) in [6.45, 7) is 8.59. The van der Waals surface area contributed by atoms with Gasteiger partial charge in [0.1, 0.15) is 5.82 Å². The first-order chi connectivity index (χ1) is 9.27. The first-order valence-corrected chi connectivity index (χ1v) is 7.29. The van der Waals surface area contributed by atoms with E-state index in [2.05, 4.69) is 24.1 Å². The Labute approximate surface area is 120 Å². The van der Waals surface area contributed by atoms with Crippen LogP contribution in [0.25, 0.3) is 0 Å². The van der Waals surface area contributed by atoms with Gasteiger partial charge < -0.3 is 10.4 Å². The summed E-state index contributed by atoms with van der Waals surface area (Å²) in [6, 6.07) is 3.69. The summed E-state index contributed by atoms with van der Waals surface area (Å²) in [5, 5.41) is 12.6. The molecule has 0 aliphatic heterocycles. The van der Waals surface area contributed by atoms with Gasteiger partial charge in [0.25, 0.3) is 0 Å². The minimum absolute atomic E-state index is 0.217. The summed E-state index contributed by atoms with van der Waals surface area (Å²) >= 11 is 0. The summed E-state index contributed by atoms with van der Waals surface area (Å²) in [4.78, 5) is 15.8. The van der Waals surface area contributed by atoms with E-state index >= 15 is 0 Å². The first-order valence-electron chi connectivity index (χ1n) is 7.29. The fourth-order valence-electron chi connectivity index (χ4n) is 2.81. The van der Waals surface area contributed by atoms with Gasteiger partial charge in [-0.15, -0.1) is 0 Å². The predicted octanol–water partition coefficient (Wildman–Crippen LogP) is 3.89. The van der Waals surface area contributed by atoms with Crippen molar-refractivity contribution in [2.45, 2.75) is 58.9 Å². The third kappa shape index (κ3) is 3.50. The van der Waals surface area contributed by atoms with Crippen LogP contribution >= 0.6 is 0 Å². The van der Waals surface area contributed by atoms with Crippen LogP contribution in [0.15, 0.2) is 12.1 Å². The second kappa shape index (κ2) is 5.43. The number of aromatic nitrogens is 1. The van der Waals surface area contributed by atoms with E-state index in [1.807, 2.05) is 13.8 Å². The van der Waals surface area contributed by atoms with Gasteiger partial charge in [-0.2, -0.15) is 0 Å². The van der Waals surface area contributed by atoms with Crippen LogP contribution in [-0.2, 0) is 0 Å². The summed E-state index contributed by atoms with van der Waals surface area (Å²) in [5.41, 5.74) is 1.50. The predicted molar refractivity (Wildman–Crippen MR) is 80.3 cm³/mol. The Balaban J connectivity index is 2.21. The summed E-state index contributed by atoms with van der Waals surface area (Å²) < 4.78 is 0. The molecule has 4 nitrogen and oxygen atoms in total. The molecule has 0 aromatic carbocycles. The SMILES string of the molecule is CC(C)c1cc(C(=O)O)cc(NC2CCC(C)(C)C2)n1. The second-order valence-corrected chi connectivity index (χ2v) is 6.87. The molecule has 1 aliphatic rings. The van der Waals surface area contributed by atoms with Crippen LogP contribution < -0.4 is 5.32 Å². The van der Waals surface area contributed by atoms with E-state index in [0.717, 1.165) is 18.5 Å². The standard InChI is InChI=1S/C16H24N2O2/c1-10(2)13-7-11(15(19)20)8-14(18-13)17-12-5-6-16(3,4)9-12/h7-8,10,12H,5-6,9H2,1-4H3,(H,17,18)(H,19,20). The molecule has 1 unspecified atom stereocenters. The smallest absolute Gasteiger partial charge is 0.335 e. The molecule has 110 valence electrons. The van der Waals surface area contributed by atoms with E-state index in [-0.39, 0.29) is 5.92 Å². The lowest BCUT2D eigenvalue weighted by Gasteiger charge is -2.19. The number of carboxylic acids is 1. The van der Waals surface area contributed by atoms with Crippen LogP contribution in [0.1, 0.15) is 68.9 Å². The molecule has 1 saturated carbocycles. The van der Waals surface area contributed by atoms with Crippen molar-refractivity contribution in [3.05, 3.63) is 23.4 Å². The van der Waals surface area contributed by atoms with Crippen LogP contribution in [0.5, 0.6) is 0 Å². The van der Waals surface area contributed by atoms with Gasteiger partial charge in [-0.3, -0.25) is 0 Å². The highest BCUT2D eigenvalue weighted by Crippen LogP contribution is 2.38. The van der Waals surface area contributed by atoms with Crippen molar-refractivity contribution >= 4 is 11.8 Å². The van der Waals surface area contributed by atoms with E-state index in [4.69, 9.17) is 0 Å². The largest absolute Gasteiger partial charge is 0.478 e. The molecule has 20 heavy (non-hydrogen) atoms. The maximum atomic E-state index is 11.2. The fraction of sp³-hybridized carbons (Fsp3) is 0.625. The highest BCUT2D eigenvalue weighted by Gasteiger charge is 2.31. The molecule has 4 heteroatoms. The molecular formula is C16H24N2O2. The van der Waals surface area contributed by atoms with Crippen molar-refractivity contribution in [3.8, 4) is 0 Å². The van der Waals surface area contributed by atoms with Gasteiger partial charge >= 0.3 is 5.97 Å². The topological polar surface area (TPSA) is 62.2 Å². The number of nitrogens with zero attached hydrogens (tertiary/aromatic N) is 1. The molecule has 0 amide bonds. The number of anilines is 1. The summed E-state index contributed by atoms with van der Waals surface area (Å²) in [6.07, 6.45) is 3.41. The van der Waals surface area contributed by atoms with Gasteiger partial charge in [-0.05, 0) is 42.7 Å². The van der Waals surface area contributed by atoms with Gasteiger partial charge in [0.15, 0.2) is 0 Å². The molecule has 1 fully saturated rings. The molecule has 1 aromatic rings. The van der Waals surface area contributed by atoms with Crippen LogP contribution in [-0.4, -0.2) is 22.1 Å².